The number of hydrogen-bond donors (Lipinski definition) is 1. The lowest BCUT2D eigenvalue weighted by Gasteiger charge is -2.28. The van der Waals surface area contributed by atoms with Crippen LogP contribution in [0.1, 0.15) is 10.4 Å². The fourth-order valence-corrected chi connectivity index (χ4v) is 3.55. The summed E-state index contributed by atoms with van der Waals surface area (Å²) in [5.74, 6) is -0.0465. The van der Waals surface area contributed by atoms with Gasteiger partial charge >= 0.3 is 0 Å². The largest absolute Gasteiger partial charge is 0.336 e. The van der Waals surface area contributed by atoms with Crippen LogP contribution in [0.5, 0.6) is 0 Å². The molecule has 2 heterocycles. The zero-order valence-electron chi connectivity index (χ0n) is 13.7. The quantitative estimate of drug-likeness (QED) is 0.717. The number of pyridine rings is 1. The van der Waals surface area contributed by atoms with E-state index < -0.39 is 0 Å². The Bertz CT molecular complexity index is 921. The summed E-state index contributed by atoms with van der Waals surface area (Å²) in [5.41, 5.74) is 2.29. The van der Waals surface area contributed by atoms with Crippen molar-refractivity contribution in [1.29, 1.82) is 0 Å². The second-order valence-corrected chi connectivity index (χ2v) is 6.44. The third kappa shape index (κ3) is 2.99. The summed E-state index contributed by atoms with van der Waals surface area (Å²) in [7, 11) is 0. The number of fused-ring (bicyclic) bond motifs is 1. The monoisotopic (exact) mass is 351 g/mol. The maximum atomic E-state index is 13.1. The molecule has 4 nitrogen and oxygen atoms in total. The van der Waals surface area contributed by atoms with Gasteiger partial charge in [0, 0.05) is 37.1 Å². The normalized spacial score (nSPS) is 14.7. The van der Waals surface area contributed by atoms with E-state index in [4.69, 9.17) is 11.6 Å². The summed E-state index contributed by atoms with van der Waals surface area (Å²) in [5, 5.41) is 5.32. The summed E-state index contributed by atoms with van der Waals surface area (Å²) >= 11 is 6.50. The smallest absolute Gasteiger partial charge is 0.257 e. The topological polar surface area (TPSA) is 45.2 Å². The van der Waals surface area contributed by atoms with Crippen molar-refractivity contribution in [2.24, 2.45) is 0 Å². The van der Waals surface area contributed by atoms with Gasteiger partial charge in [-0.1, -0.05) is 66.2 Å². The summed E-state index contributed by atoms with van der Waals surface area (Å²) in [6.07, 6.45) is 0. The Balaban J connectivity index is 1.89. The average molecular weight is 352 g/mol. The highest BCUT2D eigenvalue weighted by molar-refractivity contribution is 6.35. The van der Waals surface area contributed by atoms with Crippen molar-refractivity contribution in [2.75, 3.05) is 26.2 Å². The molecule has 25 heavy (non-hydrogen) atoms. The molecule has 1 aromatic heterocycles. The van der Waals surface area contributed by atoms with Gasteiger partial charge < -0.3 is 10.2 Å². The first-order valence-corrected chi connectivity index (χ1v) is 8.77. The van der Waals surface area contributed by atoms with Crippen LogP contribution in [0.15, 0.2) is 54.6 Å². The lowest BCUT2D eigenvalue weighted by Crippen LogP contribution is -2.46. The maximum absolute atomic E-state index is 13.1. The number of nitrogens with one attached hydrogen (secondary N) is 1. The van der Waals surface area contributed by atoms with Crippen molar-refractivity contribution < 1.29 is 4.79 Å². The van der Waals surface area contributed by atoms with E-state index in [-0.39, 0.29) is 11.1 Å². The molecule has 1 amide bonds. The molecule has 1 fully saturated rings. The maximum Gasteiger partial charge on any atom is 0.257 e. The molecule has 3 aromatic rings. The highest BCUT2D eigenvalue weighted by atomic mass is 35.5. The molecule has 4 rings (SSSR count). The van der Waals surface area contributed by atoms with Crippen LogP contribution in [0.4, 0.5) is 0 Å². The van der Waals surface area contributed by atoms with Crippen LogP contribution in [0.25, 0.3) is 22.0 Å². The van der Waals surface area contributed by atoms with Gasteiger partial charge in [0.05, 0.1) is 11.3 Å². The number of carbonyl (C=O) groups is 1. The molecule has 1 aliphatic rings. The molecular weight excluding hydrogens is 334 g/mol. The van der Waals surface area contributed by atoms with Crippen LogP contribution in [-0.4, -0.2) is 42.0 Å². The number of aromatic nitrogens is 1. The van der Waals surface area contributed by atoms with Gasteiger partial charge in [-0.3, -0.25) is 4.79 Å². The first-order chi connectivity index (χ1) is 12.3. The van der Waals surface area contributed by atoms with Crippen LogP contribution >= 0.6 is 11.6 Å². The zero-order chi connectivity index (χ0) is 17.2. The van der Waals surface area contributed by atoms with E-state index in [1.165, 1.54) is 0 Å². The molecule has 2 aromatic carbocycles. The van der Waals surface area contributed by atoms with Crippen LogP contribution in [0.2, 0.25) is 5.15 Å². The van der Waals surface area contributed by atoms with E-state index in [0.717, 1.165) is 35.1 Å². The summed E-state index contributed by atoms with van der Waals surface area (Å²) in [4.78, 5) is 19.5. The number of benzene rings is 2. The molecular formula is C20H18ClN3O. The molecule has 0 radical (unpaired) electrons. The first kappa shape index (κ1) is 16.1. The first-order valence-electron chi connectivity index (χ1n) is 8.39. The third-order valence-corrected chi connectivity index (χ3v) is 4.81. The molecule has 1 saturated heterocycles. The molecule has 5 heteroatoms. The number of rotatable bonds is 2. The van der Waals surface area contributed by atoms with Crippen molar-refractivity contribution in [3.8, 4) is 11.3 Å². The SMILES string of the molecule is O=C(c1c(Cl)nc(-c2ccccc2)c2ccccc12)N1CCNCC1. The van der Waals surface area contributed by atoms with E-state index in [2.05, 4.69) is 10.3 Å². The fraction of sp³-hybridized carbons (Fsp3) is 0.200. The van der Waals surface area contributed by atoms with Crippen LogP contribution in [0.3, 0.4) is 0 Å². The standard InChI is InChI=1S/C20H18ClN3O/c21-19-17(20(25)24-12-10-22-11-13-24)15-8-4-5-9-16(15)18(23-19)14-6-2-1-3-7-14/h1-9,22H,10-13H2. The van der Waals surface area contributed by atoms with Crippen molar-refractivity contribution in [3.05, 3.63) is 65.3 Å². The van der Waals surface area contributed by atoms with E-state index >= 15 is 0 Å². The number of nitrogens with zero attached hydrogens (tertiary/aromatic N) is 2. The Hall–Kier alpha value is -2.43. The zero-order valence-corrected chi connectivity index (χ0v) is 14.5. The predicted octanol–water partition coefficient (Wildman–Crippen LogP) is 3.60. The van der Waals surface area contributed by atoms with Gasteiger partial charge in [-0.2, -0.15) is 0 Å². The number of halogens is 1. The number of piperazine rings is 1. The molecule has 0 aliphatic carbocycles. The molecule has 1 aliphatic heterocycles. The van der Waals surface area contributed by atoms with Gasteiger partial charge in [-0.05, 0) is 5.39 Å². The molecule has 0 unspecified atom stereocenters. The molecule has 0 saturated carbocycles. The van der Waals surface area contributed by atoms with Gasteiger partial charge in [-0.25, -0.2) is 4.98 Å². The summed E-state index contributed by atoms with van der Waals surface area (Å²) < 4.78 is 0. The number of amides is 1. The van der Waals surface area contributed by atoms with Crippen molar-refractivity contribution in [2.45, 2.75) is 0 Å². The summed E-state index contributed by atoms with van der Waals surface area (Å²) in [6.45, 7) is 2.97. The molecule has 0 atom stereocenters. The van der Waals surface area contributed by atoms with E-state index in [0.29, 0.717) is 18.7 Å². The highest BCUT2D eigenvalue weighted by Crippen LogP contribution is 2.33. The van der Waals surface area contributed by atoms with Gasteiger partial charge in [0.2, 0.25) is 0 Å². The predicted molar refractivity (Wildman–Crippen MR) is 101 cm³/mol. The Labute approximate surface area is 151 Å². The molecule has 1 N–H and O–H groups in total. The molecule has 126 valence electrons. The van der Waals surface area contributed by atoms with Gasteiger partial charge in [0.15, 0.2) is 0 Å². The minimum Gasteiger partial charge on any atom is -0.336 e. The lowest BCUT2D eigenvalue weighted by atomic mass is 10.00. The molecule has 0 bridgehead atoms. The number of carbonyl (C=O) groups excluding carboxylic acids is 1. The Morgan fingerprint density at radius 1 is 0.960 bits per heavy atom. The number of hydrogen-bond acceptors (Lipinski definition) is 3. The summed E-state index contributed by atoms with van der Waals surface area (Å²) in [6, 6.07) is 17.8. The second-order valence-electron chi connectivity index (χ2n) is 6.08. The van der Waals surface area contributed by atoms with Crippen LogP contribution in [0, 0.1) is 0 Å². The van der Waals surface area contributed by atoms with Gasteiger partial charge in [0.1, 0.15) is 5.15 Å². The van der Waals surface area contributed by atoms with Crippen LogP contribution in [-0.2, 0) is 0 Å². The van der Waals surface area contributed by atoms with E-state index in [1.807, 2.05) is 59.5 Å². The fourth-order valence-electron chi connectivity index (χ4n) is 3.28. The van der Waals surface area contributed by atoms with Crippen LogP contribution < -0.4 is 5.32 Å². The minimum absolute atomic E-state index is 0.0465. The highest BCUT2D eigenvalue weighted by Gasteiger charge is 2.24. The lowest BCUT2D eigenvalue weighted by molar-refractivity contribution is 0.0737. The Morgan fingerprint density at radius 2 is 1.60 bits per heavy atom. The minimum atomic E-state index is -0.0465. The van der Waals surface area contributed by atoms with Crippen molar-refractivity contribution in [3.63, 3.8) is 0 Å². The van der Waals surface area contributed by atoms with Gasteiger partial charge in [0.25, 0.3) is 5.91 Å². The molecule has 0 spiro atoms. The van der Waals surface area contributed by atoms with Crippen molar-refractivity contribution in [1.82, 2.24) is 15.2 Å². The van der Waals surface area contributed by atoms with E-state index in [9.17, 15) is 4.79 Å². The van der Waals surface area contributed by atoms with Gasteiger partial charge in [-0.15, -0.1) is 0 Å². The van der Waals surface area contributed by atoms with E-state index in [1.54, 1.807) is 0 Å². The third-order valence-electron chi connectivity index (χ3n) is 4.53. The van der Waals surface area contributed by atoms with Crippen molar-refractivity contribution >= 4 is 28.3 Å². The second kappa shape index (κ2) is 6.82. The average Bonchev–Trinajstić information content (AvgIpc) is 2.68. The Kier molecular flexibility index (Phi) is 4.38. The Morgan fingerprint density at radius 3 is 2.32 bits per heavy atom.